The second-order valence-electron chi connectivity index (χ2n) is 8.29. The summed E-state index contributed by atoms with van der Waals surface area (Å²) < 4.78 is 28.5. The minimum Gasteiger partial charge on any atom is -0.355 e. The molecule has 0 saturated carbocycles. The molecule has 2 atom stereocenters. The van der Waals surface area contributed by atoms with E-state index in [1.807, 2.05) is 13.8 Å². The number of carbonyl (C=O) groups excluding carboxylic acids is 1. The average molecular weight is 387 g/mol. The zero-order valence-corrected chi connectivity index (χ0v) is 16.8. The van der Waals surface area contributed by atoms with E-state index in [0.717, 1.165) is 12.0 Å². The van der Waals surface area contributed by atoms with Gasteiger partial charge in [0.25, 0.3) is 0 Å². The number of nitrogens with zero attached hydrogens (tertiary/aromatic N) is 2. The van der Waals surface area contributed by atoms with E-state index in [1.165, 1.54) is 18.2 Å². The molecule has 1 unspecified atom stereocenters. The lowest BCUT2D eigenvalue weighted by Crippen LogP contribution is -2.35. The molecule has 2 aromatic rings. The first kappa shape index (κ1) is 20.4. The Hall–Kier alpha value is -2.37. The lowest BCUT2D eigenvalue weighted by Gasteiger charge is -2.32. The van der Waals surface area contributed by atoms with Crippen LogP contribution in [0.2, 0.25) is 0 Å². The van der Waals surface area contributed by atoms with E-state index in [2.05, 4.69) is 29.4 Å². The number of aromatic nitrogens is 2. The Bertz CT molecular complexity index is 847. The molecule has 1 amide bonds. The van der Waals surface area contributed by atoms with Crippen LogP contribution >= 0.6 is 0 Å². The summed E-state index contributed by atoms with van der Waals surface area (Å²) in [5, 5.41) is 11.4. The lowest BCUT2D eigenvalue weighted by atomic mass is 9.74. The number of halogens is 2. The Morgan fingerprint density at radius 3 is 2.43 bits per heavy atom. The molecule has 3 rings (SSSR count). The van der Waals surface area contributed by atoms with Crippen LogP contribution < -0.4 is 5.32 Å². The summed E-state index contributed by atoms with van der Waals surface area (Å²) >= 11 is 0. The van der Waals surface area contributed by atoms with Crippen LogP contribution in [0, 0.1) is 23.5 Å². The first-order chi connectivity index (χ1) is 13.3. The second kappa shape index (κ2) is 8.33. The van der Waals surface area contributed by atoms with Crippen molar-refractivity contribution in [3.05, 3.63) is 47.2 Å². The highest BCUT2D eigenvalue weighted by atomic mass is 19.1. The van der Waals surface area contributed by atoms with Crippen molar-refractivity contribution in [2.75, 3.05) is 6.54 Å². The number of hydrogen-bond donors (Lipinski definition) is 1. The third kappa shape index (κ3) is 4.05. The zero-order chi connectivity index (χ0) is 20.4. The molecule has 28 heavy (non-hydrogen) atoms. The number of carbonyl (C=O) groups is 1. The topological polar surface area (TPSA) is 54.9 Å². The molecule has 1 aromatic heterocycles. The molecule has 0 radical (unpaired) electrons. The molecule has 0 spiro atoms. The van der Waals surface area contributed by atoms with Crippen LogP contribution in [-0.2, 0) is 4.79 Å². The SMILES string of the molecule is CC(C)CNC(=O)C1CC[C@@H](C(C)C)c2cc(-c3c(F)cccc3F)nnc21. The average Bonchev–Trinajstić information content (AvgIpc) is 2.64. The van der Waals surface area contributed by atoms with Crippen molar-refractivity contribution in [1.29, 1.82) is 0 Å². The summed E-state index contributed by atoms with van der Waals surface area (Å²) in [6, 6.07) is 5.46. The van der Waals surface area contributed by atoms with Crippen molar-refractivity contribution in [2.45, 2.75) is 52.4 Å². The standard InChI is InChI=1S/C22H27F2N3O/c1-12(2)11-25-22(28)15-9-8-14(13(3)4)16-10-19(26-27-21(15)16)20-17(23)6-5-7-18(20)24/h5-7,10,12-15H,8-9,11H2,1-4H3,(H,25,28)/t14-,15?/m0/s1. The van der Waals surface area contributed by atoms with E-state index in [0.29, 0.717) is 30.5 Å². The van der Waals surface area contributed by atoms with Crippen molar-refractivity contribution in [3.63, 3.8) is 0 Å². The molecule has 4 nitrogen and oxygen atoms in total. The van der Waals surface area contributed by atoms with Gasteiger partial charge >= 0.3 is 0 Å². The van der Waals surface area contributed by atoms with Gasteiger partial charge in [0.2, 0.25) is 5.91 Å². The Labute approximate surface area is 164 Å². The van der Waals surface area contributed by atoms with Gasteiger partial charge in [-0.2, -0.15) is 5.10 Å². The molecule has 0 fully saturated rings. The fourth-order valence-corrected chi connectivity index (χ4v) is 3.86. The number of amides is 1. The number of nitrogens with one attached hydrogen (secondary N) is 1. The van der Waals surface area contributed by atoms with Gasteiger partial charge < -0.3 is 5.32 Å². The van der Waals surface area contributed by atoms with Crippen molar-refractivity contribution >= 4 is 5.91 Å². The number of rotatable bonds is 5. The highest BCUT2D eigenvalue weighted by molar-refractivity contribution is 5.84. The van der Waals surface area contributed by atoms with Crippen LogP contribution in [0.5, 0.6) is 0 Å². The van der Waals surface area contributed by atoms with E-state index in [9.17, 15) is 13.6 Å². The third-order valence-corrected chi connectivity index (χ3v) is 5.37. The van der Waals surface area contributed by atoms with Gasteiger partial charge in [-0.05, 0) is 54.4 Å². The third-order valence-electron chi connectivity index (χ3n) is 5.37. The van der Waals surface area contributed by atoms with Crippen LogP contribution in [0.3, 0.4) is 0 Å². The summed E-state index contributed by atoms with van der Waals surface area (Å²) in [6.45, 7) is 8.90. The molecule has 6 heteroatoms. The summed E-state index contributed by atoms with van der Waals surface area (Å²) in [5.74, 6) is -0.927. The summed E-state index contributed by atoms with van der Waals surface area (Å²) in [6.07, 6.45) is 1.52. The molecule has 0 saturated heterocycles. The first-order valence-electron chi connectivity index (χ1n) is 9.89. The number of benzene rings is 1. The van der Waals surface area contributed by atoms with Crippen LogP contribution in [0.25, 0.3) is 11.3 Å². The van der Waals surface area contributed by atoms with E-state index in [1.54, 1.807) is 6.07 Å². The molecular weight excluding hydrogens is 360 g/mol. The number of fused-ring (bicyclic) bond motifs is 1. The molecule has 1 aliphatic carbocycles. The van der Waals surface area contributed by atoms with Crippen LogP contribution in [0.4, 0.5) is 8.78 Å². The quantitative estimate of drug-likeness (QED) is 0.801. The summed E-state index contributed by atoms with van der Waals surface area (Å²) in [5.41, 5.74) is 1.50. The Kier molecular flexibility index (Phi) is 6.06. The minimum absolute atomic E-state index is 0.0590. The summed E-state index contributed by atoms with van der Waals surface area (Å²) in [4.78, 5) is 12.7. The maximum Gasteiger partial charge on any atom is 0.229 e. The first-order valence-corrected chi connectivity index (χ1v) is 9.89. The Balaban J connectivity index is 2.03. The molecule has 0 aliphatic heterocycles. The molecule has 150 valence electrons. The van der Waals surface area contributed by atoms with E-state index < -0.39 is 11.6 Å². The monoisotopic (exact) mass is 387 g/mol. The minimum atomic E-state index is -0.669. The van der Waals surface area contributed by atoms with Gasteiger partial charge in [-0.15, -0.1) is 5.10 Å². The smallest absolute Gasteiger partial charge is 0.229 e. The fraction of sp³-hybridized carbons (Fsp3) is 0.500. The van der Waals surface area contributed by atoms with Crippen molar-refractivity contribution in [2.24, 2.45) is 11.8 Å². The summed E-state index contributed by atoms with van der Waals surface area (Å²) in [7, 11) is 0. The van der Waals surface area contributed by atoms with Crippen LogP contribution in [0.15, 0.2) is 24.3 Å². The lowest BCUT2D eigenvalue weighted by molar-refractivity contribution is -0.123. The largest absolute Gasteiger partial charge is 0.355 e. The van der Waals surface area contributed by atoms with Gasteiger partial charge in [0.05, 0.1) is 22.9 Å². The fourth-order valence-electron chi connectivity index (χ4n) is 3.86. The maximum atomic E-state index is 14.2. The van der Waals surface area contributed by atoms with E-state index in [4.69, 9.17) is 0 Å². The van der Waals surface area contributed by atoms with Crippen LogP contribution in [0.1, 0.15) is 63.6 Å². The van der Waals surface area contributed by atoms with Gasteiger partial charge in [0.15, 0.2) is 0 Å². The normalized spacial score (nSPS) is 19.0. The number of hydrogen-bond acceptors (Lipinski definition) is 3. The zero-order valence-electron chi connectivity index (χ0n) is 16.8. The molecule has 1 N–H and O–H groups in total. The van der Waals surface area contributed by atoms with Crippen molar-refractivity contribution in [3.8, 4) is 11.3 Å². The second-order valence-corrected chi connectivity index (χ2v) is 8.29. The van der Waals surface area contributed by atoms with Gasteiger partial charge in [0.1, 0.15) is 11.6 Å². The Morgan fingerprint density at radius 2 is 1.82 bits per heavy atom. The maximum absolute atomic E-state index is 14.2. The van der Waals surface area contributed by atoms with E-state index in [-0.39, 0.29) is 29.0 Å². The molecule has 1 aromatic carbocycles. The molecule has 0 bridgehead atoms. The van der Waals surface area contributed by atoms with Gasteiger partial charge in [-0.25, -0.2) is 8.78 Å². The molecule has 1 aliphatic rings. The highest BCUT2D eigenvalue weighted by Crippen LogP contribution is 2.42. The van der Waals surface area contributed by atoms with Crippen LogP contribution in [-0.4, -0.2) is 22.6 Å². The van der Waals surface area contributed by atoms with Crippen molar-refractivity contribution < 1.29 is 13.6 Å². The molecule has 1 heterocycles. The predicted octanol–water partition coefficient (Wildman–Crippen LogP) is 4.81. The highest BCUT2D eigenvalue weighted by Gasteiger charge is 2.35. The Morgan fingerprint density at radius 1 is 1.14 bits per heavy atom. The van der Waals surface area contributed by atoms with Gasteiger partial charge in [-0.1, -0.05) is 33.8 Å². The molecular formula is C22H27F2N3O. The van der Waals surface area contributed by atoms with Gasteiger partial charge in [0, 0.05) is 6.54 Å². The van der Waals surface area contributed by atoms with E-state index >= 15 is 0 Å². The van der Waals surface area contributed by atoms with Crippen molar-refractivity contribution in [1.82, 2.24) is 15.5 Å². The van der Waals surface area contributed by atoms with Gasteiger partial charge in [-0.3, -0.25) is 4.79 Å². The predicted molar refractivity (Wildman–Crippen MR) is 105 cm³/mol.